The summed E-state index contributed by atoms with van der Waals surface area (Å²) < 4.78 is 72.6. The Morgan fingerprint density at radius 1 is 1.00 bits per heavy atom. The molecule has 1 atom stereocenters. The molecule has 1 aliphatic carbocycles. The van der Waals surface area contributed by atoms with E-state index in [1.165, 1.54) is 38.2 Å². The predicted octanol–water partition coefficient (Wildman–Crippen LogP) is 4.73. The van der Waals surface area contributed by atoms with Crippen molar-refractivity contribution in [3.05, 3.63) is 90.6 Å². The number of nitrogens with one attached hydrogen (secondary N) is 2. The Labute approximate surface area is 242 Å². The van der Waals surface area contributed by atoms with Crippen LogP contribution in [0.25, 0.3) is 16.6 Å². The van der Waals surface area contributed by atoms with Gasteiger partial charge in [-0.05, 0) is 62.6 Å². The zero-order valence-electron chi connectivity index (χ0n) is 23.0. The van der Waals surface area contributed by atoms with Gasteiger partial charge in [-0.2, -0.15) is 17.6 Å². The number of anilines is 3. The third-order valence-electron chi connectivity index (χ3n) is 7.20. The monoisotopic (exact) mass is 621 g/mol. The van der Waals surface area contributed by atoms with Crippen LogP contribution in [0.3, 0.4) is 0 Å². The van der Waals surface area contributed by atoms with Gasteiger partial charge in [0.05, 0.1) is 16.9 Å². The summed E-state index contributed by atoms with van der Waals surface area (Å²) in [5.74, 6) is -8.13. The van der Waals surface area contributed by atoms with E-state index in [0.717, 1.165) is 25.8 Å². The predicted molar refractivity (Wildman–Crippen MR) is 155 cm³/mol. The van der Waals surface area contributed by atoms with Crippen molar-refractivity contribution >= 4 is 43.2 Å². The minimum absolute atomic E-state index is 0.0341. The van der Waals surface area contributed by atoms with Crippen LogP contribution in [-0.2, 0) is 11.8 Å². The Kier molecular flexibility index (Phi) is 7.32. The molecule has 0 spiro atoms. The minimum Gasteiger partial charge on any atom is -0.338 e. The first-order valence-corrected chi connectivity index (χ1v) is 13.5. The highest BCUT2D eigenvalue weighted by atomic mass is 31.0. The van der Waals surface area contributed by atoms with Crippen molar-refractivity contribution in [3.63, 3.8) is 0 Å². The Balaban J connectivity index is 1.78. The molecule has 1 fully saturated rings. The second-order valence-electron chi connectivity index (χ2n) is 10.4. The molecule has 0 aliphatic heterocycles. The first-order valence-electron chi connectivity index (χ1n) is 12.9. The number of hydrogen-bond donors (Lipinski definition) is 2. The lowest BCUT2D eigenvalue weighted by molar-refractivity contribution is -0.173. The lowest BCUT2D eigenvalue weighted by Crippen LogP contribution is -2.46. The quantitative estimate of drug-likeness (QED) is 0.229. The van der Waals surface area contributed by atoms with Gasteiger partial charge in [0.15, 0.2) is 0 Å². The van der Waals surface area contributed by atoms with Crippen molar-refractivity contribution < 1.29 is 26.7 Å². The van der Waals surface area contributed by atoms with E-state index in [2.05, 4.69) is 5.32 Å². The number of amides is 1. The molecule has 9 nitrogen and oxygen atoms in total. The highest BCUT2D eigenvalue weighted by molar-refractivity contribution is 7.18. The van der Waals surface area contributed by atoms with Gasteiger partial charge in [0, 0.05) is 24.3 Å². The van der Waals surface area contributed by atoms with Crippen molar-refractivity contribution in [2.45, 2.75) is 44.3 Å². The maximum atomic E-state index is 14.9. The number of hydrogen-bond acceptors (Lipinski definition) is 5. The summed E-state index contributed by atoms with van der Waals surface area (Å²) in [6, 6.07) is 8.66. The second-order valence-corrected chi connectivity index (χ2v) is 11.1. The number of nitrogens with zero attached hydrogens (tertiary/aromatic N) is 3. The number of alkyl halides is 4. The summed E-state index contributed by atoms with van der Waals surface area (Å²) in [5.41, 5.74) is -6.98. The van der Waals surface area contributed by atoms with E-state index in [9.17, 15) is 41.1 Å². The van der Waals surface area contributed by atoms with Crippen LogP contribution in [0.2, 0.25) is 0 Å². The SMILES string of the molecule is Cc1ccc(Nc2c3c(=O)n(C4CC4)c(=O)n(-c4cccc(NC(=O)C(F)(F)C(F)(F)P)c4)c3c(C)c(=O)n2C)c(F)c1. The molecule has 2 heterocycles. The van der Waals surface area contributed by atoms with Gasteiger partial charge in [-0.3, -0.25) is 28.1 Å². The molecule has 0 saturated heterocycles. The molecule has 4 aromatic rings. The average Bonchev–Trinajstić information content (AvgIpc) is 3.76. The molecule has 15 heteroatoms. The fourth-order valence-electron chi connectivity index (χ4n) is 4.79. The summed E-state index contributed by atoms with van der Waals surface area (Å²) >= 11 is 0. The number of pyridine rings is 1. The van der Waals surface area contributed by atoms with Crippen LogP contribution in [0.1, 0.15) is 30.0 Å². The van der Waals surface area contributed by atoms with E-state index in [1.807, 2.05) is 0 Å². The van der Waals surface area contributed by atoms with Crippen LogP contribution in [0.4, 0.5) is 39.1 Å². The molecule has 2 aromatic carbocycles. The average molecular weight is 622 g/mol. The van der Waals surface area contributed by atoms with E-state index in [4.69, 9.17) is 0 Å². The largest absolute Gasteiger partial charge is 0.389 e. The van der Waals surface area contributed by atoms with Crippen molar-refractivity contribution in [1.82, 2.24) is 13.7 Å². The standard InChI is InChI=1S/C28H25F5N5O4P/c1-13-7-10-19(18(29)11-13)35-22-20-21(14(2)23(39)36(22)3)37(26(42)38(24(20)40)16-8-9-16)17-6-4-5-15(12-17)34-25(41)27(30,31)28(32,33)43/h4-7,10-12,16,35H,8-9,43H2,1-3H3,(H,34,41). The van der Waals surface area contributed by atoms with E-state index in [-0.39, 0.29) is 39.3 Å². The first-order chi connectivity index (χ1) is 20.0. The lowest BCUT2D eigenvalue weighted by Gasteiger charge is -2.22. The molecular formula is C28H25F5N5O4P. The molecule has 0 bridgehead atoms. The number of aromatic nitrogens is 3. The molecule has 1 saturated carbocycles. The minimum atomic E-state index is -5.08. The number of halogens is 5. The third kappa shape index (κ3) is 5.13. The summed E-state index contributed by atoms with van der Waals surface area (Å²) in [6.45, 7) is 3.06. The molecule has 2 N–H and O–H groups in total. The zero-order valence-corrected chi connectivity index (χ0v) is 24.1. The fraction of sp³-hybridized carbons (Fsp3) is 0.286. The van der Waals surface area contributed by atoms with Gasteiger partial charge in [-0.15, -0.1) is 0 Å². The van der Waals surface area contributed by atoms with E-state index in [1.54, 1.807) is 18.3 Å². The summed E-state index contributed by atoms with van der Waals surface area (Å²) in [4.78, 5) is 53.2. The highest BCUT2D eigenvalue weighted by Gasteiger charge is 2.58. The summed E-state index contributed by atoms with van der Waals surface area (Å²) in [5, 5.41) is 4.42. The number of rotatable bonds is 7. The Morgan fingerprint density at radius 3 is 2.28 bits per heavy atom. The van der Waals surface area contributed by atoms with Crippen molar-refractivity contribution in [1.29, 1.82) is 0 Å². The molecule has 0 radical (unpaired) electrons. The smallest absolute Gasteiger partial charge is 0.338 e. The molecule has 1 aliphatic rings. The van der Waals surface area contributed by atoms with Crippen molar-refractivity contribution in [2.75, 3.05) is 10.6 Å². The van der Waals surface area contributed by atoms with Gasteiger partial charge in [0.25, 0.3) is 11.1 Å². The van der Waals surface area contributed by atoms with Crippen LogP contribution in [0, 0.1) is 19.7 Å². The maximum absolute atomic E-state index is 14.9. The summed E-state index contributed by atoms with van der Waals surface area (Å²) in [6.07, 6.45) is 1.02. The van der Waals surface area contributed by atoms with Gasteiger partial charge < -0.3 is 10.6 Å². The Hall–Kier alpha value is -4.32. The number of carbonyl (C=O) groups excluding carboxylic acids is 1. The van der Waals surface area contributed by atoms with Gasteiger partial charge in [-0.25, -0.2) is 9.18 Å². The van der Waals surface area contributed by atoms with Gasteiger partial charge in [0.1, 0.15) is 17.0 Å². The number of carbonyl (C=O) groups is 1. The maximum Gasteiger partial charge on any atom is 0.389 e. The molecule has 1 amide bonds. The van der Waals surface area contributed by atoms with Crippen LogP contribution in [0.5, 0.6) is 0 Å². The van der Waals surface area contributed by atoms with E-state index >= 15 is 0 Å². The van der Waals surface area contributed by atoms with Crippen molar-refractivity contribution in [3.8, 4) is 5.69 Å². The fourth-order valence-corrected chi connectivity index (χ4v) is 4.92. The Morgan fingerprint density at radius 2 is 1.67 bits per heavy atom. The number of aryl methyl sites for hydroxylation is 2. The highest BCUT2D eigenvalue weighted by Crippen LogP contribution is 2.40. The van der Waals surface area contributed by atoms with Crippen molar-refractivity contribution in [2.24, 2.45) is 7.05 Å². The van der Waals surface area contributed by atoms with E-state index < -0.39 is 46.2 Å². The molecule has 2 aromatic heterocycles. The topological polar surface area (TPSA) is 107 Å². The molecule has 1 unspecified atom stereocenters. The molecule has 226 valence electrons. The zero-order chi connectivity index (χ0) is 31.6. The van der Waals surface area contributed by atoms with Crippen LogP contribution < -0.4 is 27.4 Å². The number of benzene rings is 2. The van der Waals surface area contributed by atoms with Crippen LogP contribution in [-0.4, -0.2) is 31.2 Å². The Bertz CT molecular complexity index is 1990. The normalized spacial score (nSPS) is 13.8. The molecule has 43 heavy (non-hydrogen) atoms. The molecule has 5 rings (SSSR count). The number of fused-ring (bicyclic) bond motifs is 1. The van der Waals surface area contributed by atoms with Crippen LogP contribution in [0.15, 0.2) is 56.8 Å². The van der Waals surface area contributed by atoms with E-state index in [0.29, 0.717) is 27.6 Å². The first kappa shape index (κ1) is 30.1. The van der Waals surface area contributed by atoms with Gasteiger partial charge >= 0.3 is 23.2 Å². The van der Waals surface area contributed by atoms with Crippen LogP contribution >= 0.6 is 9.24 Å². The third-order valence-corrected chi connectivity index (χ3v) is 7.56. The lowest BCUT2D eigenvalue weighted by atomic mass is 10.1. The van der Waals surface area contributed by atoms with Gasteiger partial charge in [0.2, 0.25) is 0 Å². The second kappa shape index (κ2) is 10.4. The van der Waals surface area contributed by atoms with Gasteiger partial charge in [-0.1, -0.05) is 21.4 Å². The summed E-state index contributed by atoms with van der Waals surface area (Å²) in [7, 11) is 1.99. The molecular weight excluding hydrogens is 596 g/mol.